The Morgan fingerprint density at radius 2 is 1.97 bits per heavy atom. The molecule has 5 rings (SSSR count). The predicted octanol–water partition coefficient (Wildman–Crippen LogP) is 5.21. The van der Waals surface area contributed by atoms with E-state index >= 15 is 0 Å². The largest absolute Gasteiger partial charge is 0.422 e. The van der Waals surface area contributed by atoms with Crippen LogP contribution in [0.25, 0.3) is 32.2 Å². The zero-order valence-electron chi connectivity index (χ0n) is 15.3. The standard InChI is InChI=1S/C22H14FN3O2S/c1-26-21-17(20(25-26)16-4-2-3-5-18(16)23)11-19(29-21)22(27)28-15-7-6-14-12-24-9-8-13(14)10-15/h2-12H,1H3. The van der Waals surface area contributed by atoms with Gasteiger partial charge in [-0.05, 0) is 47.9 Å². The summed E-state index contributed by atoms with van der Waals surface area (Å²) in [5.41, 5.74) is 0.910. The first-order valence-corrected chi connectivity index (χ1v) is 9.69. The topological polar surface area (TPSA) is 57.0 Å². The molecule has 0 aliphatic carbocycles. The van der Waals surface area contributed by atoms with Gasteiger partial charge in [0, 0.05) is 35.8 Å². The molecule has 3 aromatic heterocycles. The summed E-state index contributed by atoms with van der Waals surface area (Å²) in [7, 11) is 1.77. The third-order valence-corrected chi connectivity index (χ3v) is 5.85. The van der Waals surface area contributed by atoms with Crippen molar-refractivity contribution in [2.24, 2.45) is 7.05 Å². The Morgan fingerprint density at radius 3 is 2.83 bits per heavy atom. The third-order valence-electron chi connectivity index (χ3n) is 4.66. The highest BCUT2D eigenvalue weighted by Crippen LogP contribution is 2.35. The van der Waals surface area contributed by atoms with Crippen LogP contribution in [0.3, 0.4) is 0 Å². The molecule has 0 amide bonds. The maximum Gasteiger partial charge on any atom is 0.353 e. The Hall–Kier alpha value is -3.58. The number of carbonyl (C=O) groups excluding carboxylic acids is 1. The lowest BCUT2D eigenvalue weighted by molar-refractivity contribution is 0.0740. The molecule has 142 valence electrons. The molecule has 0 saturated heterocycles. The molecule has 0 N–H and O–H groups in total. The van der Waals surface area contributed by atoms with Gasteiger partial charge in [-0.15, -0.1) is 11.3 Å². The Balaban J connectivity index is 1.50. The summed E-state index contributed by atoms with van der Waals surface area (Å²) in [5.74, 6) is -0.355. The SMILES string of the molecule is Cn1nc(-c2ccccc2F)c2cc(C(=O)Oc3ccc4cnccc4c3)sc21. The van der Waals surface area contributed by atoms with Gasteiger partial charge in [-0.25, -0.2) is 9.18 Å². The zero-order chi connectivity index (χ0) is 20.0. The van der Waals surface area contributed by atoms with Crippen LogP contribution in [0.5, 0.6) is 5.75 Å². The molecular weight excluding hydrogens is 389 g/mol. The first-order chi connectivity index (χ1) is 14.1. The summed E-state index contributed by atoms with van der Waals surface area (Å²) < 4.78 is 21.5. The van der Waals surface area contributed by atoms with Crippen LogP contribution in [0.2, 0.25) is 0 Å². The van der Waals surface area contributed by atoms with Gasteiger partial charge >= 0.3 is 5.97 Å². The minimum atomic E-state index is -0.459. The average Bonchev–Trinajstić information content (AvgIpc) is 3.29. The fourth-order valence-electron chi connectivity index (χ4n) is 3.28. The van der Waals surface area contributed by atoms with E-state index in [9.17, 15) is 9.18 Å². The molecule has 0 atom stereocenters. The second-order valence-electron chi connectivity index (χ2n) is 6.56. The number of aryl methyl sites for hydroxylation is 1. The van der Waals surface area contributed by atoms with Crippen molar-refractivity contribution in [3.05, 3.63) is 77.7 Å². The number of rotatable bonds is 3. The van der Waals surface area contributed by atoms with Gasteiger partial charge in [0.15, 0.2) is 0 Å². The number of thiophene rings is 1. The molecule has 2 aromatic carbocycles. The number of ether oxygens (including phenoxy) is 1. The maximum atomic E-state index is 14.3. The summed E-state index contributed by atoms with van der Waals surface area (Å²) in [4.78, 5) is 18.0. The number of aromatic nitrogens is 3. The Morgan fingerprint density at radius 1 is 1.10 bits per heavy atom. The summed E-state index contributed by atoms with van der Waals surface area (Å²) in [5, 5.41) is 7.05. The Bertz CT molecular complexity index is 1390. The second-order valence-corrected chi connectivity index (χ2v) is 7.59. The van der Waals surface area contributed by atoms with Gasteiger partial charge in [-0.2, -0.15) is 5.10 Å². The number of carbonyl (C=O) groups is 1. The molecule has 0 radical (unpaired) electrons. The molecular formula is C22H14FN3O2S. The third kappa shape index (κ3) is 3.05. The van der Waals surface area contributed by atoms with Crippen molar-refractivity contribution in [1.29, 1.82) is 0 Å². The maximum absolute atomic E-state index is 14.3. The van der Waals surface area contributed by atoms with Crippen molar-refractivity contribution in [2.45, 2.75) is 0 Å². The Kier molecular flexibility index (Phi) is 4.10. The van der Waals surface area contributed by atoms with Crippen molar-refractivity contribution in [1.82, 2.24) is 14.8 Å². The lowest BCUT2D eigenvalue weighted by Gasteiger charge is -2.04. The van der Waals surface area contributed by atoms with E-state index in [2.05, 4.69) is 10.1 Å². The number of hydrogen-bond donors (Lipinski definition) is 0. The van der Waals surface area contributed by atoms with Crippen LogP contribution >= 0.6 is 11.3 Å². The van der Waals surface area contributed by atoms with Crippen molar-refractivity contribution in [3.8, 4) is 17.0 Å². The summed E-state index contributed by atoms with van der Waals surface area (Å²) >= 11 is 1.27. The predicted molar refractivity (Wildman–Crippen MR) is 111 cm³/mol. The van der Waals surface area contributed by atoms with E-state index in [0.29, 0.717) is 21.9 Å². The van der Waals surface area contributed by atoms with Gasteiger partial charge in [0.05, 0.1) is 0 Å². The summed E-state index contributed by atoms with van der Waals surface area (Å²) in [6, 6.07) is 15.4. The lowest BCUT2D eigenvalue weighted by atomic mass is 10.1. The molecule has 7 heteroatoms. The summed E-state index contributed by atoms with van der Waals surface area (Å²) in [6.07, 6.45) is 3.45. The van der Waals surface area contributed by atoms with Crippen LogP contribution in [0.15, 0.2) is 67.0 Å². The van der Waals surface area contributed by atoms with E-state index in [-0.39, 0.29) is 5.82 Å². The van der Waals surface area contributed by atoms with Crippen LogP contribution in [0.4, 0.5) is 4.39 Å². The van der Waals surface area contributed by atoms with Crippen molar-refractivity contribution < 1.29 is 13.9 Å². The smallest absolute Gasteiger partial charge is 0.353 e. The van der Waals surface area contributed by atoms with Crippen LogP contribution in [0.1, 0.15) is 9.67 Å². The minimum Gasteiger partial charge on any atom is -0.422 e. The van der Waals surface area contributed by atoms with Gasteiger partial charge in [-0.1, -0.05) is 12.1 Å². The molecule has 0 bridgehead atoms. The van der Waals surface area contributed by atoms with E-state index in [1.165, 1.54) is 17.4 Å². The number of fused-ring (bicyclic) bond motifs is 2. The Labute approximate surface area is 169 Å². The fraction of sp³-hybridized carbons (Fsp3) is 0.0455. The quantitative estimate of drug-likeness (QED) is 0.307. The summed E-state index contributed by atoms with van der Waals surface area (Å²) in [6.45, 7) is 0. The van der Waals surface area contributed by atoms with E-state index in [4.69, 9.17) is 4.74 Å². The monoisotopic (exact) mass is 403 g/mol. The number of benzene rings is 2. The fourth-order valence-corrected chi connectivity index (χ4v) is 4.22. The number of esters is 1. The highest BCUT2D eigenvalue weighted by molar-refractivity contribution is 7.20. The van der Waals surface area contributed by atoms with Crippen LogP contribution < -0.4 is 4.74 Å². The highest BCUT2D eigenvalue weighted by atomic mass is 32.1. The van der Waals surface area contributed by atoms with Crippen LogP contribution in [0, 0.1) is 5.82 Å². The molecule has 29 heavy (non-hydrogen) atoms. The van der Waals surface area contributed by atoms with Crippen molar-refractivity contribution >= 4 is 38.3 Å². The number of pyridine rings is 1. The number of halogens is 1. The normalized spacial score (nSPS) is 11.2. The van der Waals surface area contributed by atoms with Gasteiger partial charge in [0.25, 0.3) is 0 Å². The van der Waals surface area contributed by atoms with Crippen LogP contribution in [-0.2, 0) is 7.05 Å². The van der Waals surface area contributed by atoms with E-state index in [0.717, 1.165) is 21.0 Å². The zero-order valence-corrected chi connectivity index (χ0v) is 16.1. The molecule has 0 saturated carbocycles. The molecule has 5 aromatic rings. The molecule has 5 nitrogen and oxygen atoms in total. The number of hydrogen-bond acceptors (Lipinski definition) is 5. The second kappa shape index (κ2) is 6.79. The van der Waals surface area contributed by atoms with Gasteiger partial charge in [-0.3, -0.25) is 9.67 Å². The molecule has 0 unspecified atom stereocenters. The molecule has 0 spiro atoms. The highest BCUT2D eigenvalue weighted by Gasteiger charge is 2.20. The van der Waals surface area contributed by atoms with E-state index in [1.54, 1.807) is 60.5 Å². The van der Waals surface area contributed by atoms with Crippen molar-refractivity contribution in [3.63, 3.8) is 0 Å². The van der Waals surface area contributed by atoms with Gasteiger partial charge < -0.3 is 4.74 Å². The number of nitrogens with zero attached hydrogens (tertiary/aromatic N) is 3. The van der Waals surface area contributed by atoms with Gasteiger partial charge in [0.2, 0.25) is 0 Å². The van der Waals surface area contributed by atoms with Crippen molar-refractivity contribution in [2.75, 3.05) is 0 Å². The lowest BCUT2D eigenvalue weighted by Crippen LogP contribution is -2.06. The molecule has 0 aliphatic heterocycles. The molecule has 0 aliphatic rings. The minimum absolute atomic E-state index is 0.353. The molecule has 0 fully saturated rings. The van der Waals surface area contributed by atoms with E-state index in [1.807, 2.05) is 12.1 Å². The first kappa shape index (κ1) is 17.5. The average molecular weight is 403 g/mol. The first-order valence-electron chi connectivity index (χ1n) is 8.87. The van der Waals surface area contributed by atoms with Gasteiger partial charge in [0.1, 0.15) is 27.0 Å². The van der Waals surface area contributed by atoms with E-state index < -0.39 is 5.97 Å². The van der Waals surface area contributed by atoms with Crippen LogP contribution in [-0.4, -0.2) is 20.7 Å². The molecule has 3 heterocycles.